The lowest BCUT2D eigenvalue weighted by Crippen LogP contribution is -2.55. The van der Waals surface area contributed by atoms with Crippen LogP contribution in [0.4, 0.5) is 0 Å². The highest BCUT2D eigenvalue weighted by atomic mass is 16.5. The quantitative estimate of drug-likeness (QED) is 0.736. The summed E-state index contributed by atoms with van der Waals surface area (Å²) < 4.78 is 5.52. The van der Waals surface area contributed by atoms with Gasteiger partial charge in [0.15, 0.2) is 0 Å². The van der Waals surface area contributed by atoms with E-state index in [2.05, 4.69) is 18.7 Å². The molecule has 4 atom stereocenters. The van der Waals surface area contributed by atoms with Crippen molar-refractivity contribution in [1.82, 2.24) is 4.90 Å². The van der Waals surface area contributed by atoms with Crippen LogP contribution in [0.15, 0.2) is 0 Å². The third-order valence-electron chi connectivity index (χ3n) is 4.15. The molecule has 3 nitrogen and oxygen atoms in total. The third-order valence-corrected chi connectivity index (χ3v) is 4.15. The van der Waals surface area contributed by atoms with Crippen LogP contribution in [0.25, 0.3) is 0 Å². The molecule has 1 saturated heterocycles. The van der Waals surface area contributed by atoms with Crippen molar-refractivity contribution in [2.75, 3.05) is 26.3 Å². The van der Waals surface area contributed by atoms with Gasteiger partial charge in [0.05, 0.1) is 6.61 Å². The summed E-state index contributed by atoms with van der Waals surface area (Å²) in [6.07, 6.45) is 3.67. The zero-order valence-corrected chi connectivity index (χ0v) is 10.7. The Hall–Kier alpha value is -0.120. The molecule has 0 aromatic rings. The van der Waals surface area contributed by atoms with Crippen molar-refractivity contribution in [1.29, 1.82) is 0 Å². The zero-order valence-electron chi connectivity index (χ0n) is 10.7. The Morgan fingerprint density at radius 3 is 2.69 bits per heavy atom. The molecule has 2 N–H and O–H groups in total. The lowest BCUT2D eigenvalue weighted by Gasteiger charge is -2.44. The lowest BCUT2D eigenvalue weighted by molar-refractivity contribution is 0.0692. The Morgan fingerprint density at radius 1 is 1.12 bits per heavy atom. The number of ether oxygens (including phenoxy) is 1. The number of nitrogens with zero attached hydrogens (tertiary/aromatic N) is 1. The monoisotopic (exact) mass is 226 g/mol. The summed E-state index contributed by atoms with van der Waals surface area (Å²) in [5, 5.41) is 0. The summed E-state index contributed by atoms with van der Waals surface area (Å²) in [6.45, 7) is 8.73. The predicted octanol–water partition coefficient (Wildman–Crippen LogP) is 1.47. The molecule has 0 aromatic heterocycles. The summed E-state index contributed by atoms with van der Waals surface area (Å²) in [7, 11) is 0. The first-order valence-electron chi connectivity index (χ1n) is 6.76. The van der Waals surface area contributed by atoms with Crippen LogP contribution < -0.4 is 5.73 Å². The lowest BCUT2D eigenvalue weighted by atomic mass is 9.76. The van der Waals surface area contributed by atoms with Gasteiger partial charge < -0.3 is 10.5 Å². The molecule has 0 aromatic carbocycles. The van der Waals surface area contributed by atoms with E-state index in [0.717, 1.165) is 44.6 Å². The Morgan fingerprint density at radius 2 is 1.94 bits per heavy atom. The van der Waals surface area contributed by atoms with E-state index in [4.69, 9.17) is 10.5 Å². The molecule has 0 amide bonds. The smallest absolute Gasteiger partial charge is 0.0593 e. The SMILES string of the molecule is CC1CC(C)C(N2CCCOCC2)C(N)C1. The third kappa shape index (κ3) is 2.76. The highest BCUT2D eigenvalue weighted by Crippen LogP contribution is 2.31. The van der Waals surface area contributed by atoms with E-state index in [1.165, 1.54) is 12.8 Å². The second kappa shape index (κ2) is 5.48. The largest absolute Gasteiger partial charge is 0.380 e. The minimum Gasteiger partial charge on any atom is -0.380 e. The number of nitrogens with two attached hydrogens (primary N) is 1. The maximum atomic E-state index is 6.36. The van der Waals surface area contributed by atoms with Gasteiger partial charge in [-0.1, -0.05) is 13.8 Å². The van der Waals surface area contributed by atoms with Crippen molar-refractivity contribution in [2.45, 2.75) is 45.2 Å². The molecule has 1 saturated carbocycles. The maximum Gasteiger partial charge on any atom is 0.0593 e. The predicted molar refractivity (Wildman–Crippen MR) is 66.3 cm³/mol. The Bertz CT molecular complexity index is 202. The highest BCUT2D eigenvalue weighted by Gasteiger charge is 2.35. The minimum atomic E-state index is 0.358. The second-order valence-electron chi connectivity index (χ2n) is 5.71. The van der Waals surface area contributed by atoms with Crippen molar-refractivity contribution >= 4 is 0 Å². The average molecular weight is 226 g/mol. The van der Waals surface area contributed by atoms with Gasteiger partial charge in [-0.15, -0.1) is 0 Å². The molecule has 2 aliphatic rings. The van der Waals surface area contributed by atoms with Crippen molar-refractivity contribution in [2.24, 2.45) is 17.6 Å². The van der Waals surface area contributed by atoms with E-state index in [1.807, 2.05) is 0 Å². The molecule has 0 radical (unpaired) electrons. The molecular weight excluding hydrogens is 200 g/mol. The van der Waals surface area contributed by atoms with Gasteiger partial charge >= 0.3 is 0 Å². The van der Waals surface area contributed by atoms with Crippen LogP contribution >= 0.6 is 0 Å². The fraction of sp³-hybridized carbons (Fsp3) is 1.00. The number of rotatable bonds is 1. The molecule has 1 heterocycles. The summed E-state index contributed by atoms with van der Waals surface area (Å²) in [5.74, 6) is 1.53. The first kappa shape index (κ1) is 12.3. The fourth-order valence-electron chi connectivity index (χ4n) is 3.59. The first-order valence-corrected chi connectivity index (χ1v) is 6.76. The van der Waals surface area contributed by atoms with Crippen LogP contribution in [0.1, 0.15) is 33.1 Å². The van der Waals surface area contributed by atoms with Gasteiger partial charge in [0, 0.05) is 31.8 Å². The normalized spacial score (nSPS) is 42.9. The minimum absolute atomic E-state index is 0.358. The molecule has 1 aliphatic carbocycles. The van der Waals surface area contributed by atoms with E-state index in [1.54, 1.807) is 0 Å². The average Bonchev–Trinajstić information content (AvgIpc) is 2.44. The van der Waals surface area contributed by atoms with E-state index in [9.17, 15) is 0 Å². The van der Waals surface area contributed by atoms with Crippen molar-refractivity contribution in [3.8, 4) is 0 Å². The van der Waals surface area contributed by atoms with Crippen LogP contribution in [-0.4, -0.2) is 43.3 Å². The Kier molecular flexibility index (Phi) is 4.22. The van der Waals surface area contributed by atoms with Crippen molar-refractivity contribution in [3.63, 3.8) is 0 Å². The summed E-state index contributed by atoms with van der Waals surface area (Å²) >= 11 is 0. The number of hydrogen-bond acceptors (Lipinski definition) is 3. The topological polar surface area (TPSA) is 38.5 Å². The van der Waals surface area contributed by atoms with Crippen molar-refractivity contribution in [3.05, 3.63) is 0 Å². The molecule has 3 heteroatoms. The van der Waals surface area contributed by atoms with Gasteiger partial charge in [-0.3, -0.25) is 4.90 Å². The molecule has 16 heavy (non-hydrogen) atoms. The van der Waals surface area contributed by atoms with Crippen LogP contribution in [0, 0.1) is 11.8 Å². The van der Waals surface area contributed by atoms with Crippen LogP contribution in [0.5, 0.6) is 0 Å². The van der Waals surface area contributed by atoms with Gasteiger partial charge in [0.2, 0.25) is 0 Å². The van der Waals surface area contributed by atoms with Gasteiger partial charge in [-0.05, 0) is 31.1 Å². The number of hydrogen-bond donors (Lipinski definition) is 1. The molecule has 94 valence electrons. The summed E-state index contributed by atoms with van der Waals surface area (Å²) in [4.78, 5) is 2.58. The van der Waals surface area contributed by atoms with Gasteiger partial charge in [-0.25, -0.2) is 0 Å². The first-order chi connectivity index (χ1) is 7.68. The molecule has 4 unspecified atom stereocenters. The second-order valence-corrected chi connectivity index (χ2v) is 5.71. The molecule has 1 aliphatic heterocycles. The van der Waals surface area contributed by atoms with E-state index in [-0.39, 0.29) is 0 Å². The van der Waals surface area contributed by atoms with Crippen molar-refractivity contribution < 1.29 is 4.74 Å². The van der Waals surface area contributed by atoms with Crippen LogP contribution in [0.2, 0.25) is 0 Å². The Balaban J connectivity index is 1.99. The standard InChI is InChI=1S/C13H26N2O/c1-10-8-11(2)13(12(14)9-10)15-4-3-6-16-7-5-15/h10-13H,3-9,14H2,1-2H3. The van der Waals surface area contributed by atoms with Gasteiger partial charge in [-0.2, -0.15) is 0 Å². The highest BCUT2D eigenvalue weighted by molar-refractivity contribution is 4.92. The van der Waals surface area contributed by atoms with Gasteiger partial charge in [0.1, 0.15) is 0 Å². The molecule has 0 spiro atoms. The van der Waals surface area contributed by atoms with Gasteiger partial charge in [0.25, 0.3) is 0 Å². The van der Waals surface area contributed by atoms with E-state index in [0.29, 0.717) is 12.1 Å². The molecule has 0 bridgehead atoms. The summed E-state index contributed by atoms with van der Waals surface area (Å²) in [5.41, 5.74) is 6.36. The fourth-order valence-corrected chi connectivity index (χ4v) is 3.59. The zero-order chi connectivity index (χ0) is 11.5. The molecule has 2 rings (SSSR count). The Labute approximate surface area is 99.3 Å². The summed E-state index contributed by atoms with van der Waals surface area (Å²) in [6, 6.07) is 0.940. The van der Waals surface area contributed by atoms with Crippen LogP contribution in [0.3, 0.4) is 0 Å². The van der Waals surface area contributed by atoms with E-state index >= 15 is 0 Å². The maximum absolute atomic E-state index is 6.36. The van der Waals surface area contributed by atoms with E-state index < -0.39 is 0 Å². The molecule has 2 fully saturated rings. The molecular formula is C13H26N2O. The van der Waals surface area contributed by atoms with Crippen LogP contribution in [-0.2, 0) is 4.74 Å².